The number of anilines is 1. The molecule has 14 heteroatoms. The van der Waals surface area contributed by atoms with Crippen molar-refractivity contribution in [1.29, 1.82) is 0 Å². The standard InChI is InChI=1S/C34H36F5N5O3S/c1-4-27(45)43-19(2)13-42(14-20(43)3)31-24-12-25(34(37,38)39)28(23-6-5-21(35)11-26(23)36)30-29(24)44(32(46)40-31)22(16-48-30)15-41-9-7-33(8-10-41)17-47-18-33/h4-6,11-12,19-20,22H,1,7-10,13-18H2,2-3H3/t19-,20+,22?. The first-order valence-corrected chi connectivity index (χ1v) is 17.1. The van der Waals surface area contributed by atoms with Gasteiger partial charge in [0.15, 0.2) is 0 Å². The fourth-order valence-electron chi connectivity index (χ4n) is 7.87. The van der Waals surface area contributed by atoms with E-state index in [1.165, 1.54) is 10.6 Å². The molecule has 1 spiro atoms. The number of thioether (sulfide) groups is 1. The van der Waals surface area contributed by atoms with Crippen molar-refractivity contribution in [2.75, 3.05) is 56.6 Å². The highest BCUT2D eigenvalue weighted by atomic mass is 32.2. The number of rotatable bonds is 5. The maximum absolute atomic E-state index is 15.3. The number of ether oxygens (including phenoxy) is 1. The predicted octanol–water partition coefficient (Wildman–Crippen LogP) is 5.73. The van der Waals surface area contributed by atoms with Crippen LogP contribution in [-0.4, -0.2) is 89.0 Å². The van der Waals surface area contributed by atoms with Gasteiger partial charge in [0.25, 0.3) is 0 Å². The van der Waals surface area contributed by atoms with E-state index in [0.717, 1.165) is 69.1 Å². The van der Waals surface area contributed by atoms with Gasteiger partial charge in [-0.15, -0.1) is 11.8 Å². The smallest absolute Gasteiger partial charge is 0.380 e. The monoisotopic (exact) mass is 689 g/mol. The molecule has 0 saturated carbocycles. The van der Waals surface area contributed by atoms with E-state index in [1.54, 1.807) is 9.80 Å². The molecule has 4 aliphatic rings. The van der Waals surface area contributed by atoms with Gasteiger partial charge in [0.1, 0.15) is 17.5 Å². The molecule has 2 aromatic carbocycles. The molecule has 3 fully saturated rings. The summed E-state index contributed by atoms with van der Waals surface area (Å²) < 4.78 is 81.1. The molecular weight excluding hydrogens is 653 g/mol. The van der Waals surface area contributed by atoms with E-state index in [4.69, 9.17) is 4.74 Å². The number of alkyl halides is 3. The maximum Gasteiger partial charge on any atom is 0.417 e. The molecule has 1 unspecified atom stereocenters. The first-order chi connectivity index (χ1) is 22.8. The number of likely N-dealkylation sites (tertiary alicyclic amines) is 1. The van der Waals surface area contributed by atoms with E-state index in [0.29, 0.717) is 12.6 Å². The molecule has 3 aromatic rings. The molecule has 8 nitrogen and oxygen atoms in total. The second-order valence-corrected chi connectivity index (χ2v) is 14.6. The molecule has 4 aliphatic heterocycles. The number of piperazine rings is 1. The number of carbonyl (C=O) groups is 1. The van der Waals surface area contributed by atoms with Crippen LogP contribution in [0.15, 0.2) is 46.6 Å². The summed E-state index contributed by atoms with van der Waals surface area (Å²) in [5.41, 5.74) is -2.07. The summed E-state index contributed by atoms with van der Waals surface area (Å²) in [6.07, 6.45) is -1.77. The minimum Gasteiger partial charge on any atom is -0.380 e. The van der Waals surface area contributed by atoms with Gasteiger partial charge in [0.2, 0.25) is 5.91 Å². The number of aromatic nitrogens is 2. The minimum atomic E-state index is -4.92. The Morgan fingerprint density at radius 1 is 1.12 bits per heavy atom. The van der Waals surface area contributed by atoms with E-state index in [-0.39, 0.29) is 63.9 Å². The molecule has 1 amide bonds. The van der Waals surface area contributed by atoms with Gasteiger partial charge in [-0.1, -0.05) is 6.58 Å². The van der Waals surface area contributed by atoms with Gasteiger partial charge in [0.05, 0.1) is 30.3 Å². The first-order valence-electron chi connectivity index (χ1n) is 16.1. The number of amides is 1. The molecule has 1 aromatic heterocycles. The van der Waals surface area contributed by atoms with Crippen LogP contribution < -0.4 is 10.6 Å². The van der Waals surface area contributed by atoms with Gasteiger partial charge in [-0.2, -0.15) is 18.2 Å². The van der Waals surface area contributed by atoms with Crippen LogP contribution in [0.5, 0.6) is 0 Å². The van der Waals surface area contributed by atoms with Gasteiger partial charge in [0, 0.05) is 70.4 Å². The Labute approximate surface area is 278 Å². The largest absolute Gasteiger partial charge is 0.417 e. The average Bonchev–Trinajstić information content (AvgIpc) is 3.01. The molecule has 5 heterocycles. The Balaban J connectivity index is 1.41. The molecule has 0 aliphatic carbocycles. The van der Waals surface area contributed by atoms with Crippen LogP contribution in [0.25, 0.3) is 22.0 Å². The van der Waals surface area contributed by atoms with Crippen LogP contribution in [0, 0.1) is 17.0 Å². The molecule has 7 rings (SSSR count). The van der Waals surface area contributed by atoms with Gasteiger partial charge >= 0.3 is 11.9 Å². The Hall–Kier alpha value is -3.49. The van der Waals surface area contributed by atoms with Crippen molar-refractivity contribution in [3.8, 4) is 11.1 Å². The Morgan fingerprint density at radius 3 is 2.40 bits per heavy atom. The zero-order valence-electron chi connectivity index (χ0n) is 26.7. The second-order valence-electron chi connectivity index (χ2n) is 13.5. The number of piperidine rings is 1. The summed E-state index contributed by atoms with van der Waals surface area (Å²) in [5, 5.41) is 0.118. The SMILES string of the molecule is C=CC(=O)N1[C@H](C)CN(c2nc(=O)n3c4c(c(-c5ccc(F)cc5F)c(C(F)(F)F)cc24)SCC3CN2CCC3(CC2)COC3)C[C@@H]1C. The normalized spacial score (nSPS) is 24.2. The van der Waals surface area contributed by atoms with Crippen molar-refractivity contribution in [3.05, 3.63) is 64.6 Å². The number of nitrogens with zero attached hydrogens (tertiary/aromatic N) is 5. The maximum atomic E-state index is 15.3. The number of hydrogen-bond donors (Lipinski definition) is 0. The van der Waals surface area contributed by atoms with Gasteiger partial charge < -0.3 is 19.4 Å². The van der Waals surface area contributed by atoms with Crippen molar-refractivity contribution in [3.63, 3.8) is 0 Å². The van der Waals surface area contributed by atoms with Crippen LogP contribution in [-0.2, 0) is 15.7 Å². The van der Waals surface area contributed by atoms with Crippen LogP contribution in [0.2, 0.25) is 0 Å². The second kappa shape index (κ2) is 12.1. The first kappa shape index (κ1) is 33.0. The van der Waals surface area contributed by atoms with Crippen molar-refractivity contribution in [1.82, 2.24) is 19.4 Å². The van der Waals surface area contributed by atoms with E-state index >= 15 is 4.39 Å². The van der Waals surface area contributed by atoms with E-state index in [2.05, 4.69) is 16.5 Å². The fraction of sp³-hybridized carbons (Fsp3) is 0.500. The fourth-order valence-corrected chi connectivity index (χ4v) is 9.20. The summed E-state index contributed by atoms with van der Waals surface area (Å²) in [5.74, 6) is -1.96. The van der Waals surface area contributed by atoms with Crippen molar-refractivity contribution >= 4 is 34.4 Å². The van der Waals surface area contributed by atoms with Crippen LogP contribution in [0.1, 0.15) is 38.3 Å². The lowest BCUT2D eigenvalue weighted by Crippen LogP contribution is -2.58. The highest BCUT2D eigenvalue weighted by Gasteiger charge is 2.43. The zero-order chi connectivity index (χ0) is 34.1. The van der Waals surface area contributed by atoms with Gasteiger partial charge in [-0.3, -0.25) is 9.36 Å². The molecule has 0 radical (unpaired) electrons. The Bertz CT molecular complexity index is 1840. The van der Waals surface area contributed by atoms with E-state index < -0.39 is 46.2 Å². The summed E-state index contributed by atoms with van der Waals surface area (Å²) in [7, 11) is 0. The average molecular weight is 690 g/mol. The van der Waals surface area contributed by atoms with Crippen LogP contribution in [0.4, 0.5) is 27.8 Å². The lowest BCUT2D eigenvalue weighted by atomic mass is 9.77. The molecular formula is C34H36F5N5O3S. The number of halogens is 5. The Kier molecular flexibility index (Phi) is 8.35. The highest BCUT2D eigenvalue weighted by molar-refractivity contribution is 7.99. The highest BCUT2D eigenvalue weighted by Crippen LogP contribution is 2.50. The van der Waals surface area contributed by atoms with Crippen molar-refractivity contribution in [2.24, 2.45) is 5.41 Å². The zero-order valence-corrected chi connectivity index (χ0v) is 27.5. The van der Waals surface area contributed by atoms with E-state index in [1.807, 2.05) is 13.8 Å². The third kappa shape index (κ3) is 5.59. The number of hydrogen-bond acceptors (Lipinski definition) is 7. The third-order valence-electron chi connectivity index (χ3n) is 10.3. The third-order valence-corrected chi connectivity index (χ3v) is 11.5. The summed E-state index contributed by atoms with van der Waals surface area (Å²) in [6.45, 7) is 11.3. The summed E-state index contributed by atoms with van der Waals surface area (Å²) in [6, 6.07) is 2.35. The molecule has 48 heavy (non-hydrogen) atoms. The number of benzene rings is 2. The topological polar surface area (TPSA) is 70.9 Å². The Morgan fingerprint density at radius 2 is 1.81 bits per heavy atom. The molecule has 256 valence electrons. The summed E-state index contributed by atoms with van der Waals surface area (Å²) >= 11 is 1.15. The van der Waals surface area contributed by atoms with Crippen molar-refractivity contribution in [2.45, 2.75) is 55.9 Å². The predicted molar refractivity (Wildman–Crippen MR) is 173 cm³/mol. The number of carbonyl (C=O) groups excluding carboxylic acids is 1. The van der Waals surface area contributed by atoms with Crippen LogP contribution >= 0.6 is 11.8 Å². The minimum absolute atomic E-state index is 0.0830. The van der Waals surface area contributed by atoms with E-state index in [9.17, 15) is 27.2 Å². The molecule has 3 atom stereocenters. The van der Waals surface area contributed by atoms with Crippen molar-refractivity contribution < 1.29 is 31.5 Å². The quantitative estimate of drug-likeness (QED) is 0.251. The lowest BCUT2D eigenvalue weighted by Gasteiger charge is -2.48. The molecule has 0 N–H and O–H groups in total. The van der Waals surface area contributed by atoms with Gasteiger partial charge in [-0.25, -0.2) is 13.6 Å². The van der Waals surface area contributed by atoms with Gasteiger partial charge in [-0.05, 0) is 64.1 Å². The van der Waals surface area contributed by atoms with Crippen LogP contribution in [0.3, 0.4) is 0 Å². The molecule has 0 bridgehead atoms. The summed E-state index contributed by atoms with van der Waals surface area (Å²) in [4.78, 5) is 36.9. The lowest BCUT2D eigenvalue weighted by molar-refractivity contribution is -0.140. The molecule has 3 saturated heterocycles.